The van der Waals surface area contributed by atoms with E-state index in [1.807, 2.05) is 6.92 Å². The number of sulfonamides is 1. The van der Waals surface area contributed by atoms with Crippen molar-refractivity contribution < 1.29 is 22.7 Å². The maximum atomic E-state index is 12.9. The van der Waals surface area contributed by atoms with E-state index in [4.69, 9.17) is 21.1 Å². The fraction of sp³-hybridized carbons (Fsp3) is 0.278. The van der Waals surface area contributed by atoms with Crippen LogP contribution in [0.4, 0.5) is 5.69 Å². The molecule has 0 unspecified atom stereocenters. The first kappa shape index (κ1) is 21.0. The topological polar surface area (TPSA) is 84.9 Å². The van der Waals surface area contributed by atoms with E-state index in [1.165, 1.54) is 33.4 Å². The van der Waals surface area contributed by atoms with Crippen LogP contribution in [0.1, 0.15) is 5.56 Å². The number of nitrogens with zero attached hydrogens (tertiary/aromatic N) is 1. The van der Waals surface area contributed by atoms with Crippen molar-refractivity contribution in [1.82, 2.24) is 4.31 Å². The molecule has 0 spiro atoms. The molecule has 2 rings (SSSR count). The van der Waals surface area contributed by atoms with Gasteiger partial charge in [0.15, 0.2) is 0 Å². The van der Waals surface area contributed by atoms with Crippen LogP contribution in [0.15, 0.2) is 41.3 Å². The Balaban J connectivity index is 2.22. The van der Waals surface area contributed by atoms with Gasteiger partial charge >= 0.3 is 0 Å². The minimum absolute atomic E-state index is 0.0846. The summed E-state index contributed by atoms with van der Waals surface area (Å²) in [5.41, 5.74) is 1.34. The van der Waals surface area contributed by atoms with E-state index in [-0.39, 0.29) is 17.2 Å². The number of carbonyl (C=O) groups is 1. The molecular weight excluding hydrogens is 392 g/mol. The Morgan fingerprint density at radius 1 is 1.15 bits per heavy atom. The number of ether oxygens (including phenoxy) is 2. The molecule has 0 heterocycles. The van der Waals surface area contributed by atoms with Gasteiger partial charge in [0.2, 0.25) is 15.9 Å². The molecule has 2 aromatic carbocycles. The molecule has 9 heteroatoms. The molecule has 2 aromatic rings. The van der Waals surface area contributed by atoms with Crippen LogP contribution in [0.3, 0.4) is 0 Å². The highest BCUT2D eigenvalue weighted by Crippen LogP contribution is 2.30. The SMILES string of the molecule is COc1ccc(OC)c(S(=O)(=O)N(C)CC(=O)Nc2cc(Cl)ccc2C)c1. The zero-order chi connectivity index (χ0) is 20.2. The van der Waals surface area contributed by atoms with Crippen LogP contribution in [0.2, 0.25) is 5.02 Å². The van der Waals surface area contributed by atoms with Crippen LogP contribution in [0.25, 0.3) is 0 Å². The Kier molecular flexibility index (Phi) is 6.69. The van der Waals surface area contributed by atoms with Gasteiger partial charge in [-0.2, -0.15) is 4.31 Å². The Hall–Kier alpha value is -2.29. The zero-order valence-electron chi connectivity index (χ0n) is 15.4. The van der Waals surface area contributed by atoms with E-state index in [0.717, 1.165) is 9.87 Å². The van der Waals surface area contributed by atoms with Crippen molar-refractivity contribution in [3.8, 4) is 11.5 Å². The van der Waals surface area contributed by atoms with Gasteiger partial charge in [-0.1, -0.05) is 17.7 Å². The second-order valence-corrected chi connectivity index (χ2v) is 8.24. The largest absolute Gasteiger partial charge is 0.497 e. The molecule has 7 nitrogen and oxygen atoms in total. The van der Waals surface area contributed by atoms with Crippen molar-refractivity contribution in [1.29, 1.82) is 0 Å². The van der Waals surface area contributed by atoms with Gasteiger partial charge in [-0.15, -0.1) is 0 Å². The van der Waals surface area contributed by atoms with Crippen molar-refractivity contribution in [3.05, 3.63) is 47.0 Å². The summed E-state index contributed by atoms with van der Waals surface area (Å²) in [5.74, 6) is 0.0313. The van der Waals surface area contributed by atoms with Crippen molar-refractivity contribution in [2.45, 2.75) is 11.8 Å². The molecule has 0 aromatic heterocycles. The lowest BCUT2D eigenvalue weighted by Crippen LogP contribution is -2.35. The van der Waals surface area contributed by atoms with Crippen molar-refractivity contribution in [2.24, 2.45) is 0 Å². The average Bonchev–Trinajstić information content (AvgIpc) is 2.63. The highest BCUT2D eigenvalue weighted by Gasteiger charge is 2.27. The van der Waals surface area contributed by atoms with E-state index >= 15 is 0 Å². The van der Waals surface area contributed by atoms with Crippen LogP contribution in [-0.2, 0) is 14.8 Å². The number of methoxy groups -OCH3 is 2. The summed E-state index contributed by atoms with van der Waals surface area (Å²) in [6, 6.07) is 9.51. The van der Waals surface area contributed by atoms with E-state index in [0.29, 0.717) is 16.5 Å². The van der Waals surface area contributed by atoms with Crippen LogP contribution < -0.4 is 14.8 Å². The fourth-order valence-electron chi connectivity index (χ4n) is 2.36. The number of likely N-dealkylation sites (N-methyl/N-ethyl adjacent to an activating group) is 1. The molecule has 0 fully saturated rings. The standard InChI is InChI=1S/C18H21ClN2O5S/c1-12-5-6-13(19)9-15(12)20-18(22)11-21(2)27(23,24)17-10-14(25-3)7-8-16(17)26-4/h5-10H,11H2,1-4H3,(H,20,22). The molecule has 146 valence electrons. The zero-order valence-corrected chi connectivity index (χ0v) is 17.0. The monoisotopic (exact) mass is 412 g/mol. The first-order valence-corrected chi connectivity index (χ1v) is 9.75. The van der Waals surface area contributed by atoms with Crippen LogP contribution in [0, 0.1) is 6.92 Å². The summed E-state index contributed by atoms with van der Waals surface area (Å²) in [4.78, 5) is 12.2. The highest BCUT2D eigenvalue weighted by atomic mass is 35.5. The minimum atomic E-state index is -3.98. The van der Waals surface area contributed by atoms with E-state index < -0.39 is 15.9 Å². The van der Waals surface area contributed by atoms with Crippen LogP contribution >= 0.6 is 11.6 Å². The summed E-state index contributed by atoms with van der Waals surface area (Å²) in [7, 11) is 0.143. The minimum Gasteiger partial charge on any atom is -0.497 e. The molecule has 27 heavy (non-hydrogen) atoms. The summed E-state index contributed by atoms with van der Waals surface area (Å²) in [6.45, 7) is 1.43. The first-order chi connectivity index (χ1) is 12.7. The van der Waals surface area contributed by atoms with E-state index in [2.05, 4.69) is 5.32 Å². The number of hydrogen-bond donors (Lipinski definition) is 1. The lowest BCUT2D eigenvalue weighted by molar-refractivity contribution is -0.116. The number of carbonyl (C=O) groups excluding carboxylic acids is 1. The number of amides is 1. The molecule has 0 atom stereocenters. The van der Waals surface area contributed by atoms with E-state index in [9.17, 15) is 13.2 Å². The number of anilines is 1. The fourth-order valence-corrected chi connectivity index (χ4v) is 3.83. The Morgan fingerprint density at radius 2 is 1.85 bits per heavy atom. The summed E-state index contributed by atoms with van der Waals surface area (Å²) in [6.07, 6.45) is 0. The Bertz CT molecular complexity index is 947. The van der Waals surface area contributed by atoms with Gasteiger partial charge in [-0.05, 0) is 36.8 Å². The third-order valence-corrected chi connectivity index (χ3v) is 5.96. The predicted molar refractivity (Wildman–Crippen MR) is 104 cm³/mol. The normalized spacial score (nSPS) is 11.3. The van der Waals surface area contributed by atoms with Gasteiger partial charge in [0.1, 0.15) is 16.4 Å². The highest BCUT2D eigenvalue weighted by molar-refractivity contribution is 7.89. The summed E-state index contributed by atoms with van der Waals surface area (Å²) >= 11 is 5.94. The molecule has 0 radical (unpaired) electrons. The summed E-state index contributed by atoms with van der Waals surface area (Å²) < 4.78 is 36.9. The quantitative estimate of drug-likeness (QED) is 0.755. The van der Waals surface area contributed by atoms with Crippen LogP contribution in [-0.4, -0.2) is 46.4 Å². The van der Waals surface area contributed by atoms with E-state index in [1.54, 1.807) is 24.3 Å². The molecule has 0 saturated carbocycles. The average molecular weight is 413 g/mol. The molecule has 1 N–H and O–H groups in total. The van der Waals surface area contributed by atoms with Gasteiger partial charge < -0.3 is 14.8 Å². The van der Waals surface area contributed by atoms with Gasteiger partial charge in [0.05, 0.1) is 20.8 Å². The number of halogens is 1. The Labute approximate surface area is 163 Å². The third-order valence-electron chi connectivity index (χ3n) is 3.90. The van der Waals surface area contributed by atoms with Gasteiger partial charge in [-0.25, -0.2) is 8.42 Å². The molecular formula is C18H21ClN2O5S. The number of benzene rings is 2. The molecule has 0 aliphatic carbocycles. The number of nitrogens with one attached hydrogen (secondary N) is 1. The van der Waals surface area contributed by atoms with Crippen molar-refractivity contribution in [2.75, 3.05) is 33.1 Å². The molecule has 0 bridgehead atoms. The number of hydrogen-bond acceptors (Lipinski definition) is 5. The van der Waals surface area contributed by atoms with Gasteiger partial charge in [-0.3, -0.25) is 4.79 Å². The number of aryl methyl sites for hydroxylation is 1. The molecule has 0 aliphatic rings. The van der Waals surface area contributed by atoms with Crippen molar-refractivity contribution in [3.63, 3.8) is 0 Å². The van der Waals surface area contributed by atoms with Gasteiger partial charge in [0, 0.05) is 23.8 Å². The molecule has 0 aliphatic heterocycles. The molecule has 1 amide bonds. The predicted octanol–water partition coefficient (Wildman–Crippen LogP) is 2.92. The number of rotatable bonds is 7. The molecule has 0 saturated heterocycles. The van der Waals surface area contributed by atoms with Crippen LogP contribution in [0.5, 0.6) is 11.5 Å². The third kappa shape index (κ3) is 4.91. The lowest BCUT2D eigenvalue weighted by Gasteiger charge is -2.19. The Morgan fingerprint density at radius 3 is 2.48 bits per heavy atom. The smallest absolute Gasteiger partial charge is 0.247 e. The second-order valence-electron chi connectivity index (χ2n) is 5.79. The maximum absolute atomic E-state index is 12.9. The van der Waals surface area contributed by atoms with Gasteiger partial charge in [0.25, 0.3) is 0 Å². The first-order valence-electron chi connectivity index (χ1n) is 7.93. The maximum Gasteiger partial charge on any atom is 0.247 e. The second kappa shape index (κ2) is 8.60. The summed E-state index contributed by atoms with van der Waals surface area (Å²) in [5, 5.41) is 3.14. The van der Waals surface area contributed by atoms with Crippen molar-refractivity contribution >= 4 is 33.2 Å². The lowest BCUT2D eigenvalue weighted by atomic mass is 10.2.